The highest BCUT2D eigenvalue weighted by atomic mass is 16.5. The molecule has 178 valence electrons. The number of carboxylic acids is 1. The van der Waals surface area contributed by atoms with Gasteiger partial charge in [0.1, 0.15) is 5.75 Å². The van der Waals surface area contributed by atoms with Crippen LogP contribution in [0.3, 0.4) is 0 Å². The molecule has 0 bridgehead atoms. The Morgan fingerprint density at radius 2 is 1.51 bits per heavy atom. The minimum Gasteiger partial charge on any atom is -0.479 e. The van der Waals surface area contributed by atoms with E-state index >= 15 is 0 Å². The number of pyridine rings is 1. The molecule has 0 amide bonds. The molecule has 5 nitrogen and oxygen atoms in total. The maximum atomic E-state index is 12.6. The van der Waals surface area contributed by atoms with Crippen molar-refractivity contribution >= 4 is 5.97 Å². The maximum absolute atomic E-state index is 12.6. The van der Waals surface area contributed by atoms with Crippen LogP contribution < -0.4 is 10.3 Å². The van der Waals surface area contributed by atoms with Crippen molar-refractivity contribution < 1.29 is 14.6 Å². The van der Waals surface area contributed by atoms with Gasteiger partial charge >= 0.3 is 5.97 Å². The number of ether oxygens (including phenoxy) is 1. The van der Waals surface area contributed by atoms with Crippen LogP contribution in [0, 0.1) is 0 Å². The number of hydrogen-bond acceptors (Lipinski definition) is 3. The van der Waals surface area contributed by atoms with Crippen molar-refractivity contribution in [3.63, 3.8) is 0 Å². The van der Waals surface area contributed by atoms with E-state index in [0.29, 0.717) is 12.2 Å². The van der Waals surface area contributed by atoms with Crippen LogP contribution in [0.15, 0.2) is 102 Å². The van der Waals surface area contributed by atoms with Gasteiger partial charge in [0, 0.05) is 17.7 Å². The summed E-state index contributed by atoms with van der Waals surface area (Å²) in [5, 5.41) is 9.06. The van der Waals surface area contributed by atoms with E-state index in [9.17, 15) is 9.59 Å². The lowest BCUT2D eigenvalue weighted by Gasteiger charge is -2.19. The Morgan fingerprint density at radius 3 is 2.14 bits per heavy atom. The van der Waals surface area contributed by atoms with Gasteiger partial charge in [0.2, 0.25) is 0 Å². The van der Waals surface area contributed by atoms with E-state index in [1.54, 1.807) is 6.07 Å². The van der Waals surface area contributed by atoms with Gasteiger partial charge in [0.05, 0.1) is 0 Å². The maximum Gasteiger partial charge on any atom is 0.344 e. The summed E-state index contributed by atoms with van der Waals surface area (Å²) in [6.07, 6.45) is 3.08. The number of aryl methyl sites for hydroxylation is 2. The molecular weight excluding hydrogens is 438 g/mol. The molecule has 4 rings (SSSR count). The van der Waals surface area contributed by atoms with Crippen LogP contribution in [-0.4, -0.2) is 22.2 Å². The molecule has 0 fully saturated rings. The van der Waals surface area contributed by atoms with Crippen LogP contribution in [0.1, 0.15) is 47.1 Å². The third-order valence-corrected chi connectivity index (χ3v) is 6.07. The Bertz CT molecular complexity index is 1280. The topological polar surface area (TPSA) is 79.4 Å². The summed E-state index contributed by atoms with van der Waals surface area (Å²) in [6, 6.07) is 30.1. The van der Waals surface area contributed by atoms with Crippen LogP contribution in [-0.2, 0) is 17.6 Å². The Kier molecular flexibility index (Phi) is 7.78. The highest BCUT2D eigenvalue weighted by Gasteiger charge is 2.18. The fourth-order valence-electron chi connectivity index (χ4n) is 4.28. The molecule has 0 aliphatic carbocycles. The summed E-state index contributed by atoms with van der Waals surface area (Å²) in [4.78, 5) is 26.6. The third kappa shape index (κ3) is 6.27. The average molecular weight is 468 g/mol. The molecule has 0 spiro atoms. The molecular formula is C30H29NO4. The van der Waals surface area contributed by atoms with Crippen LogP contribution in [0.25, 0.3) is 0 Å². The van der Waals surface area contributed by atoms with Crippen molar-refractivity contribution in [1.29, 1.82) is 0 Å². The lowest BCUT2D eigenvalue weighted by Crippen LogP contribution is -2.22. The van der Waals surface area contributed by atoms with E-state index in [-0.39, 0.29) is 11.5 Å². The van der Waals surface area contributed by atoms with E-state index < -0.39 is 12.1 Å². The summed E-state index contributed by atoms with van der Waals surface area (Å²) in [7, 11) is 0. The van der Waals surface area contributed by atoms with E-state index in [1.807, 2.05) is 66.9 Å². The van der Waals surface area contributed by atoms with Crippen LogP contribution >= 0.6 is 0 Å². The van der Waals surface area contributed by atoms with Gasteiger partial charge in [0.25, 0.3) is 5.56 Å². The summed E-state index contributed by atoms with van der Waals surface area (Å²) < 4.78 is 5.47. The number of H-pyrrole nitrogens is 1. The second-order valence-electron chi connectivity index (χ2n) is 8.64. The first-order valence-electron chi connectivity index (χ1n) is 11.8. The van der Waals surface area contributed by atoms with Gasteiger partial charge in [-0.05, 0) is 66.6 Å². The zero-order valence-electron chi connectivity index (χ0n) is 19.7. The molecule has 0 radical (unpaired) electrons. The molecule has 0 saturated heterocycles. The summed E-state index contributed by atoms with van der Waals surface area (Å²) >= 11 is 0. The lowest BCUT2D eigenvalue weighted by molar-refractivity contribution is -0.144. The molecule has 0 aliphatic heterocycles. The smallest absolute Gasteiger partial charge is 0.344 e. The van der Waals surface area contributed by atoms with Crippen molar-refractivity contribution in [2.24, 2.45) is 0 Å². The molecule has 4 aromatic rings. The van der Waals surface area contributed by atoms with E-state index in [4.69, 9.17) is 9.84 Å². The number of aliphatic carboxylic acids is 1. The predicted octanol–water partition coefficient (Wildman–Crippen LogP) is 5.58. The molecule has 5 heteroatoms. The van der Waals surface area contributed by atoms with Gasteiger partial charge in [-0.1, -0.05) is 72.8 Å². The van der Waals surface area contributed by atoms with Gasteiger partial charge in [-0.15, -0.1) is 0 Å². The Labute approximate surface area is 205 Å². The van der Waals surface area contributed by atoms with Crippen LogP contribution in [0.5, 0.6) is 5.75 Å². The quantitative estimate of drug-likeness (QED) is 0.319. The van der Waals surface area contributed by atoms with Crippen molar-refractivity contribution in [1.82, 2.24) is 4.98 Å². The standard InChI is InChI=1S/C30H29NO4/c1-21(30(33)34)35-27-17-9-11-22(18-27)10-8-16-25-19-26(20-31-29(25)32)28(23-12-4-2-5-13-23)24-14-6-3-7-15-24/h2-7,9,11-15,17-21,28H,8,10,16H2,1H3,(H,31,32)(H,33,34). The van der Waals surface area contributed by atoms with Gasteiger partial charge in [-0.2, -0.15) is 0 Å². The van der Waals surface area contributed by atoms with Gasteiger partial charge in [0.15, 0.2) is 6.10 Å². The number of benzene rings is 3. The fraction of sp³-hybridized carbons (Fsp3) is 0.200. The number of rotatable bonds is 10. The van der Waals surface area contributed by atoms with E-state index in [2.05, 4.69) is 29.2 Å². The minimum absolute atomic E-state index is 0.0260. The molecule has 1 heterocycles. The van der Waals surface area contributed by atoms with Crippen molar-refractivity contribution in [3.05, 3.63) is 135 Å². The molecule has 1 atom stereocenters. The predicted molar refractivity (Wildman–Crippen MR) is 137 cm³/mol. The van der Waals surface area contributed by atoms with Crippen LogP contribution in [0.4, 0.5) is 0 Å². The zero-order chi connectivity index (χ0) is 24.6. The molecule has 2 N–H and O–H groups in total. The Morgan fingerprint density at radius 1 is 0.857 bits per heavy atom. The summed E-state index contributed by atoms with van der Waals surface area (Å²) in [5.41, 5.74) is 5.12. The highest BCUT2D eigenvalue weighted by molar-refractivity contribution is 5.72. The fourth-order valence-corrected chi connectivity index (χ4v) is 4.28. The first kappa shape index (κ1) is 24.0. The highest BCUT2D eigenvalue weighted by Crippen LogP contribution is 2.31. The van der Waals surface area contributed by atoms with Gasteiger partial charge in [-0.25, -0.2) is 4.79 Å². The molecule has 3 aromatic carbocycles. The van der Waals surface area contributed by atoms with Gasteiger partial charge < -0.3 is 14.8 Å². The molecule has 1 unspecified atom stereocenters. The van der Waals surface area contributed by atoms with Gasteiger partial charge in [-0.3, -0.25) is 4.79 Å². The van der Waals surface area contributed by atoms with E-state index in [0.717, 1.165) is 29.5 Å². The molecule has 35 heavy (non-hydrogen) atoms. The average Bonchev–Trinajstić information content (AvgIpc) is 2.87. The monoisotopic (exact) mass is 467 g/mol. The normalized spacial score (nSPS) is 11.8. The summed E-state index contributed by atoms with van der Waals surface area (Å²) in [6.45, 7) is 1.51. The molecule has 0 saturated carbocycles. The molecule has 1 aromatic heterocycles. The number of hydrogen-bond donors (Lipinski definition) is 2. The summed E-state index contributed by atoms with van der Waals surface area (Å²) in [5.74, 6) is -0.442. The first-order chi connectivity index (χ1) is 17.0. The number of carbonyl (C=O) groups is 1. The van der Waals surface area contributed by atoms with Crippen molar-refractivity contribution in [2.45, 2.75) is 38.2 Å². The van der Waals surface area contributed by atoms with Crippen molar-refractivity contribution in [2.75, 3.05) is 0 Å². The lowest BCUT2D eigenvalue weighted by atomic mass is 9.85. The number of carboxylic acid groups (broad SMARTS) is 1. The zero-order valence-corrected chi connectivity index (χ0v) is 19.7. The second-order valence-corrected chi connectivity index (χ2v) is 8.64. The number of aromatic nitrogens is 1. The largest absolute Gasteiger partial charge is 0.479 e. The van der Waals surface area contributed by atoms with Crippen molar-refractivity contribution in [3.8, 4) is 5.75 Å². The van der Waals surface area contributed by atoms with Crippen LogP contribution in [0.2, 0.25) is 0 Å². The number of nitrogens with one attached hydrogen (secondary N) is 1. The van der Waals surface area contributed by atoms with E-state index in [1.165, 1.54) is 18.1 Å². The first-order valence-corrected chi connectivity index (χ1v) is 11.8. The SMILES string of the molecule is CC(Oc1cccc(CCCc2cc(C(c3ccccc3)c3ccccc3)c[nH]c2=O)c1)C(=O)O. The number of aromatic amines is 1. The third-order valence-electron chi connectivity index (χ3n) is 6.07. The minimum atomic E-state index is -1.00. The molecule has 0 aliphatic rings. The Balaban J connectivity index is 1.51. The Hall–Kier alpha value is -4.12. The second kappa shape index (κ2) is 11.3.